The van der Waals surface area contributed by atoms with Crippen molar-refractivity contribution in [3.8, 4) is 0 Å². The summed E-state index contributed by atoms with van der Waals surface area (Å²) in [5.41, 5.74) is 1.08. The predicted octanol–water partition coefficient (Wildman–Crippen LogP) is 3.41. The van der Waals surface area contributed by atoms with Gasteiger partial charge in [-0.15, -0.1) is 0 Å². The molecule has 0 radical (unpaired) electrons. The van der Waals surface area contributed by atoms with Crippen molar-refractivity contribution in [2.45, 2.75) is 6.04 Å². The highest BCUT2D eigenvalue weighted by molar-refractivity contribution is 6.47. The van der Waals surface area contributed by atoms with Crippen LogP contribution in [0.1, 0.15) is 17.2 Å². The van der Waals surface area contributed by atoms with Crippen molar-refractivity contribution in [3.05, 3.63) is 76.3 Å². The van der Waals surface area contributed by atoms with E-state index in [1.165, 1.54) is 12.0 Å². The maximum atomic E-state index is 12.7. The number of hydrogen-bond acceptors (Lipinski definition) is 4. The zero-order chi connectivity index (χ0) is 18.7. The molecule has 1 saturated heterocycles. The molecule has 5 nitrogen and oxygen atoms in total. The van der Waals surface area contributed by atoms with Gasteiger partial charge in [0.2, 0.25) is 0 Å². The van der Waals surface area contributed by atoms with Gasteiger partial charge in [-0.3, -0.25) is 9.59 Å². The number of nitrogens with zero attached hydrogens (tertiary/aromatic N) is 1. The number of methoxy groups -OCH3 is 1. The van der Waals surface area contributed by atoms with E-state index in [2.05, 4.69) is 0 Å². The molecule has 6 heteroatoms. The van der Waals surface area contributed by atoms with E-state index in [0.29, 0.717) is 16.1 Å². The summed E-state index contributed by atoms with van der Waals surface area (Å²) in [7, 11) is 1.52. The average molecular weight is 372 g/mol. The summed E-state index contributed by atoms with van der Waals surface area (Å²) in [6.07, 6.45) is 0. The molecule has 0 aliphatic carbocycles. The zero-order valence-electron chi connectivity index (χ0n) is 14.2. The summed E-state index contributed by atoms with van der Waals surface area (Å²) in [5.74, 6) is -1.62. The third-order valence-electron chi connectivity index (χ3n) is 4.32. The SMILES string of the molecule is COCCN1C(=O)C(=O)C(=C(O)c2ccccc2)[C@@H]1c1ccccc1Cl. The smallest absolute Gasteiger partial charge is 0.295 e. The maximum absolute atomic E-state index is 12.7. The van der Waals surface area contributed by atoms with Gasteiger partial charge in [0.25, 0.3) is 11.7 Å². The molecule has 1 heterocycles. The third-order valence-corrected chi connectivity index (χ3v) is 4.67. The monoisotopic (exact) mass is 371 g/mol. The molecule has 0 aromatic heterocycles. The topological polar surface area (TPSA) is 66.8 Å². The molecule has 0 saturated carbocycles. The van der Waals surface area contributed by atoms with Gasteiger partial charge in [0.15, 0.2) is 0 Å². The van der Waals surface area contributed by atoms with Crippen molar-refractivity contribution in [1.29, 1.82) is 0 Å². The molecule has 1 aliphatic rings. The number of aliphatic hydroxyl groups is 1. The number of Topliss-reactive ketones (excluding diaryl/α,β-unsaturated/α-hetero) is 1. The Balaban J connectivity index is 2.19. The third kappa shape index (κ3) is 3.23. The van der Waals surface area contributed by atoms with Crippen LogP contribution in [0.3, 0.4) is 0 Å². The van der Waals surface area contributed by atoms with Crippen molar-refractivity contribution < 1.29 is 19.4 Å². The molecule has 3 rings (SSSR count). The Labute approximate surface area is 156 Å². The van der Waals surface area contributed by atoms with Crippen LogP contribution < -0.4 is 0 Å². The number of ketones is 1. The van der Waals surface area contributed by atoms with E-state index in [-0.39, 0.29) is 24.5 Å². The lowest BCUT2D eigenvalue weighted by atomic mass is 9.95. The molecule has 1 atom stereocenters. The standard InChI is InChI=1S/C20H18ClNO4/c1-26-12-11-22-17(14-9-5-6-10-15(14)21)16(19(24)20(22)25)18(23)13-7-3-2-4-8-13/h2-10,17,23H,11-12H2,1H3/t17-/m0/s1. The van der Waals surface area contributed by atoms with Crippen molar-refractivity contribution in [3.63, 3.8) is 0 Å². The zero-order valence-corrected chi connectivity index (χ0v) is 14.9. The Bertz CT molecular complexity index is 863. The van der Waals surface area contributed by atoms with E-state index in [9.17, 15) is 14.7 Å². The van der Waals surface area contributed by atoms with Gasteiger partial charge in [-0.25, -0.2) is 0 Å². The lowest BCUT2D eigenvalue weighted by Gasteiger charge is -2.25. The fourth-order valence-corrected chi connectivity index (χ4v) is 3.31. The summed E-state index contributed by atoms with van der Waals surface area (Å²) in [6, 6.07) is 14.9. The number of carbonyl (C=O) groups is 2. The minimum Gasteiger partial charge on any atom is -0.507 e. The van der Waals surface area contributed by atoms with Crippen molar-refractivity contribution in [2.75, 3.05) is 20.3 Å². The first-order valence-electron chi connectivity index (χ1n) is 8.13. The fraction of sp³-hybridized carbons (Fsp3) is 0.200. The number of carbonyl (C=O) groups excluding carboxylic acids is 2. The molecule has 1 N–H and O–H groups in total. The molecule has 1 fully saturated rings. The van der Waals surface area contributed by atoms with Crippen LogP contribution in [0.2, 0.25) is 5.02 Å². The number of hydrogen-bond donors (Lipinski definition) is 1. The summed E-state index contributed by atoms with van der Waals surface area (Å²) in [4.78, 5) is 26.7. The number of ether oxygens (including phenoxy) is 1. The molecule has 2 aromatic rings. The fourth-order valence-electron chi connectivity index (χ4n) is 3.07. The summed E-state index contributed by atoms with van der Waals surface area (Å²) < 4.78 is 5.07. The Morgan fingerprint density at radius 3 is 2.42 bits per heavy atom. The number of likely N-dealkylation sites (tertiary alicyclic amines) is 1. The summed E-state index contributed by atoms with van der Waals surface area (Å²) in [6.45, 7) is 0.474. The highest BCUT2D eigenvalue weighted by Gasteiger charge is 2.46. The van der Waals surface area contributed by atoms with Gasteiger partial charge in [-0.05, 0) is 11.6 Å². The van der Waals surface area contributed by atoms with Gasteiger partial charge < -0.3 is 14.7 Å². The molecule has 0 bridgehead atoms. The molecule has 0 unspecified atom stereocenters. The van der Waals surface area contributed by atoms with E-state index in [1.54, 1.807) is 54.6 Å². The predicted molar refractivity (Wildman–Crippen MR) is 98.8 cm³/mol. The number of halogens is 1. The molecule has 1 amide bonds. The van der Waals surface area contributed by atoms with Crippen LogP contribution in [-0.2, 0) is 14.3 Å². The Kier molecular flexibility index (Phi) is 5.40. The van der Waals surface area contributed by atoms with Crippen LogP contribution in [0.15, 0.2) is 60.2 Å². The first-order chi connectivity index (χ1) is 12.6. The van der Waals surface area contributed by atoms with Gasteiger partial charge in [0, 0.05) is 24.2 Å². The summed E-state index contributed by atoms with van der Waals surface area (Å²) in [5, 5.41) is 11.2. The second-order valence-corrected chi connectivity index (χ2v) is 6.28. The quantitative estimate of drug-likeness (QED) is 0.497. The second-order valence-electron chi connectivity index (χ2n) is 5.87. The van der Waals surface area contributed by atoms with E-state index >= 15 is 0 Å². The van der Waals surface area contributed by atoms with E-state index in [4.69, 9.17) is 16.3 Å². The lowest BCUT2D eigenvalue weighted by Crippen LogP contribution is -2.32. The first kappa shape index (κ1) is 18.2. The van der Waals surface area contributed by atoms with Crippen LogP contribution in [0, 0.1) is 0 Å². The average Bonchev–Trinajstić information content (AvgIpc) is 2.91. The number of benzene rings is 2. The van der Waals surface area contributed by atoms with Crippen LogP contribution in [0.5, 0.6) is 0 Å². The molecule has 26 heavy (non-hydrogen) atoms. The minimum absolute atomic E-state index is 0.0328. The van der Waals surface area contributed by atoms with Gasteiger partial charge >= 0.3 is 0 Å². The van der Waals surface area contributed by atoms with Crippen LogP contribution in [0.4, 0.5) is 0 Å². The van der Waals surface area contributed by atoms with E-state index in [1.807, 2.05) is 0 Å². The molecule has 2 aromatic carbocycles. The van der Waals surface area contributed by atoms with Crippen molar-refractivity contribution >= 4 is 29.1 Å². The normalized spacial score (nSPS) is 19.2. The highest BCUT2D eigenvalue weighted by atomic mass is 35.5. The molecule has 134 valence electrons. The Hall–Kier alpha value is -2.63. The van der Waals surface area contributed by atoms with E-state index in [0.717, 1.165) is 0 Å². The second kappa shape index (κ2) is 7.72. The van der Waals surface area contributed by atoms with E-state index < -0.39 is 17.7 Å². The van der Waals surface area contributed by atoms with Crippen LogP contribution >= 0.6 is 11.6 Å². The maximum Gasteiger partial charge on any atom is 0.295 e. The van der Waals surface area contributed by atoms with Gasteiger partial charge in [-0.1, -0.05) is 60.1 Å². The van der Waals surface area contributed by atoms with Crippen molar-refractivity contribution in [1.82, 2.24) is 4.90 Å². The van der Waals surface area contributed by atoms with Gasteiger partial charge in [-0.2, -0.15) is 0 Å². The molecular formula is C20H18ClNO4. The Morgan fingerprint density at radius 2 is 1.77 bits per heavy atom. The van der Waals surface area contributed by atoms with Gasteiger partial charge in [0.1, 0.15) is 5.76 Å². The van der Waals surface area contributed by atoms with Crippen molar-refractivity contribution in [2.24, 2.45) is 0 Å². The van der Waals surface area contributed by atoms with Gasteiger partial charge in [0.05, 0.1) is 18.2 Å². The van der Waals surface area contributed by atoms with Crippen LogP contribution in [-0.4, -0.2) is 42.0 Å². The number of aliphatic hydroxyl groups excluding tert-OH is 1. The number of amides is 1. The number of rotatable bonds is 5. The Morgan fingerprint density at radius 1 is 1.12 bits per heavy atom. The first-order valence-corrected chi connectivity index (χ1v) is 8.51. The largest absolute Gasteiger partial charge is 0.507 e. The molecule has 0 spiro atoms. The molecular weight excluding hydrogens is 354 g/mol. The lowest BCUT2D eigenvalue weighted by molar-refractivity contribution is -0.140. The minimum atomic E-state index is -0.765. The van der Waals surface area contributed by atoms with Crippen LogP contribution in [0.25, 0.3) is 5.76 Å². The summed E-state index contributed by atoms with van der Waals surface area (Å²) >= 11 is 6.33. The highest BCUT2D eigenvalue weighted by Crippen LogP contribution is 2.41. The molecule has 1 aliphatic heterocycles.